The minimum atomic E-state index is -0.320. The smallest absolute Gasteiger partial charge is 0.227 e. The first-order chi connectivity index (χ1) is 11.4. The maximum atomic E-state index is 12.4. The zero-order valence-electron chi connectivity index (χ0n) is 14.9. The van der Waals surface area contributed by atoms with Gasteiger partial charge in [0.2, 0.25) is 5.91 Å². The number of carbonyl (C=O) groups excluding carboxylic acids is 1. The van der Waals surface area contributed by atoms with Crippen LogP contribution in [0.1, 0.15) is 32.8 Å². The standard InChI is InChI=1S/C19H27N3O2/c1-19(2,3)18(23)22-10-6-9-21(11-12-22)13-14-24-17-8-5-4-7-16(17)15-20/h4-5,7-8H,6,9-14H2,1-3H3. The van der Waals surface area contributed by atoms with Gasteiger partial charge in [0.15, 0.2) is 0 Å². The van der Waals surface area contributed by atoms with Crippen LogP contribution in [-0.4, -0.2) is 55.0 Å². The van der Waals surface area contributed by atoms with Gasteiger partial charge < -0.3 is 9.64 Å². The maximum absolute atomic E-state index is 12.4. The Bertz CT molecular complexity index is 601. The maximum Gasteiger partial charge on any atom is 0.227 e. The number of carbonyl (C=O) groups is 1. The zero-order valence-corrected chi connectivity index (χ0v) is 14.9. The summed E-state index contributed by atoms with van der Waals surface area (Å²) < 4.78 is 5.76. The molecule has 130 valence electrons. The minimum absolute atomic E-state index is 0.226. The molecule has 0 aliphatic carbocycles. The molecule has 0 atom stereocenters. The molecule has 5 nitrogen and oxygen atoms in total. The number of ether oxygens (including phenoxy) is 1. The third kappa shape index (κ3) is 4.97. The average molecular weight is 329 g/mol. The number of nitrogens with zero attached hydrogens (tertiary/aromatic N) is 3. The van der Waals surface area contributed by atoms with E-state index in [1.165, 1.54) is 0 Å². The van der Waals surface area contributed by atoms with E-state index >= 15 is 0 Å². The normalized spacial score (nSPS) is 16.3. The molecule has 1 amide bonds. The van der Waals surface area contributed by atoms with Crippen LogP contribution in [0.15, 0.2) is 24.3 Å². The predicted octanol–water partition coefficient (Wildman–Crippen LogP) is 2.52. The fraction of sp³-hybridized carbons (Fsp3) is 0.579. The molecule has 0 aromatic heterocycles. The van der Waals surface area contributed by atoms with Gasteiger partial charge in [-0.3, -0.25) is 9.69 Å². The Hall–Kier alpha value is -2.06. The second-order valence-corrected chi connectivity index (χ2v) is 7.19. The van der Waals surface area contributed by atoms with Crippen LogP contribution in [0.25, 0.3) is 0 Å². The SMILES string of the molecule is CC(C)(C)C(=O)N1CCCN(CCOc2ccccc2C#N)CC1. The lowest BCUT2D eigenvalue weighted by Crippen LogP contribution is -2.41. The summed E-state index contributed by atoms with van der Waals surface area (Å²) in [5, 5.41) is 9.07. The van der Waals surface area contributed by atoms with Crippen molar-refractivity contribution < 1.29 is 9.53 Å². The number of hydrogen-bond donors (Lipinski definition) is 0. The third-order valence-corrected chi connectivity index (χ3v) is 4.19. The molecule has 0 spiro atoms. The topological polar surface area (TPSA) is 56.6 Å². The molecule has 0 unspecified atom stereocenters. The molecule has 0 radical (unpaired) electrons. The molecule has 2 rings (SSSR count). The summed E-state index contributed by atoms with van der Waals surface area (Å²) in [5.41, 5.74) is 0.245. The van der Waals surface area contributed by atoms with Gasteiger partial charge in [-0.05, 0) is 18.6 Å². The Kier molecular flexibility index (Phi) is 6.22. The lowest BCUT2D eigenvalue weighted by Gasteiger charge is -2.28. The Morgan fingerprint density at radius 2 is 1.96 bits per heavy atom. The summed E-state index contributed by atoms with van der Waals surface area (Å²) in [6.45, 7) is 10.7. The number of benzene rings is 1. The summed E-state index contributed by atoms with van der Waals surface area (Å²) in [6, 6.07) is 9.44. The van der Waals surface area contributed by atoms with Crippen LogP contribution in [-0.2, 0) is 4.79 Å². The lowest BCUT2D eigenvalue weighted by atomic mass is 9.94. The fourth-order valence-electron chi connectivity index (χ4n) is 2.84. The molecule has 0 bridgehead atoms. The summed E-state index contributed by atoms with van der Waals surface area (Å²) in [4.78, 5) is 16.7. The summed E-state index contributed by atoms with van der Waals surface area (Å²) in [6.07, 6.45) is 0.983. The van der Waals surface area contributed by atoms with Gasteiger partial charge in [0.05, 0.1) is 5.56 Å². The van der Waals surface area contributed by atoms with Crippen molar-refractivity contribution in [2.75, 3.05) is 39.3 Å². The van der Waals surface area contributed by atoms with Crippen LogP contribution in [0, 0.1) is 16.7 Å². The molecule has 1 saturated heterocycles. The van der Waals surface area contributed by atoms with Gasteiger partial charge in [-0.2, -0.15) is 5.26 Å². The Balaban J connectivity index is 1.81. The van der Waals surface area contributed by atoms with Crippen molar-refractivity contribution >= 4 is 5.91 Å². The van der Waals surface area contributed by atoms with Crippen LogP contribution in [0.2, 0.25) is 0 Å². The molecule has 1 aliphatic heterocycles. The molecule has 1 aromatic carbocycles. The van der Waals surface area contributed by atoms with E-state index in [4.69, 9.17) is 10.00 Å². The van der Waals surface area contributed by atoms with Crippen LogP contribution in [0.3, 0.4) is 0 Å². The quantitative estimate of drug-likeness (QED) is 0.852. The molecule has 1 aliphatic rings. The van der Waals surface area contributed by atoms with Crippen LogP contribution in [0.5, 0.6) is 5.75 Å². The van der Waals surface area contributed by atoms with E-state index in [1.807, 2.05) is 43.9 Å². The summed E-state index contributed by atoms with van der Waals surface area (Å²) in [5.74, 6) is 0.864. The largest absolute Gasteiger partial charge is 0.491 e. The first-order valence-corrected chi connectivity index (χ1v) is 8.55. The second-order valence-electron chi connectivity index (χ2n) is 7.19. The zero-order chi connectivity index (χ0) is 17.6. The summed E-state index contributed by atoms with van der Waals surface area (Å²) in [7, 11) is 0. The molecule has 1 aromatic rings. The van der Waals surface area contributed by atoms with Crippen LogP contribution in [0.4, 0.5) is 0 Å². The van der Waals surface area contributed by atoms with E-state index < -0.39 is 0 Å². The van der Waals surface area contributed by atoms with E-state index in [9.17, 15) is 4.79 Å². The Morgan fingerprint density at radius 3 is 2.67 bits per heavy atom. The number of para-hydroxylation sites is 1. The van der Waals surface area contributed by atoms with Crippen LogP contribution < -0.4 is 4.74 Å². The average Bonchev–Trinajstić information content (AvgIpc) is 2.79. The Morgan fingerprint density at radius 1 is 1.21 bits per heavy atom. The molecule has 0 saturated carbocycles. The van der Waals surface area contributed by atoms with Gasteiger partial charge in [-0.15, -0.1) is 0 Å². The van der Waals surface area contributed by atoms with Gasteiger partial charge >= 0.3 is 0 Å². The molecular formula is C19H27N3O2. The Labute approximate surface area is 144 Å². The fourth-order valence-corrected chi connectivity index (χ4v) is 2.84. The van der Waals surface area contributed by atoms with Crippen molar-refractivity contribution in [3.8, 4) is 11.8 Å². The van der Waals surface area contributed by atoms with Gasteiger partial charge in [0, 0.05) is 38.1 Å². The number of nitriles is 1. The molecule has 1 heterocycles. The van der Waals surface area contributed by atoms with Crippen LogP contribution >= 0.6 is 0 Å². The van der Waals surface area contributed by atoms with Crippen molar-refractivity contribution in [3.05, 3.63) is 29.8 Å². The van der Waals surface area contributed by atoms with Gasteiger partial charge in [0.1, 0.15) is 18.4 Å². The van der Waals surface area contributed by atoms with Crippen molar-refractivity contribution in [2.24, 2.45) is 5.41 Å². The van der Waals surface area contributed by atoms with Crippen molar-refractivity contribution in [1.82, 2.24) is 9.80 Å². The monoisotopic (exact) mass is 329 g/mol. The highest BCUT2D eigenvalue weighted by molar-refractivity contribution is 5.81. The third-order valence-electron chi connectivity index (χ3n) is 4.19. The van der Waals surface area contributed by atoms with Crippen molar-refractivity contribution in [2.45, 2.75) is 27.2 Å². The van der Waals surface area contributed by atoms with E-state index in [0.717, 1.165) is 39.1 Å². The van der Waals surface area contributed by atoms with Gasteiger partial charge in [0.25, 0.3) is 0 Å². The molecule has 0 N–H and O–H groups in total. The minimum Gasteiger partial charge on any atom is -0.491 e. The highest BCUT2D eigenvalue weighted by Crippen LogP contribution is 2.19. The van der Waals surface area contributed by atoms with Gasteiger partial charge in [-0.1, -0.05) is 32.9 Å². The molecular weight excluding hydrogens is 302 g/mol. The molecule has 5 heteroatoms. The second kappa shape index (κ2) is 8.16. The highest BCUT2D eigenvalue weighted by atomic mass is 16.5. The van der Waals surface area contributed by atoms with E-state index in [-0.39, 0.29) is 11.3 Å². The first-order valence-electron chi connectivity index (χ1n) is 8.55. The highest BCUT2D eigenvalue weighted by Gasteiger charge is 2.28. The van der Waals surface area contributed by atoms with Crippen molar-refractivity contribution in [3.63, 3.8) is 0 Å². The predicted molar refractivity (Wildman–Crippen MR) is 93.7 cm³/mol. The van der Waals surface area contributed by atoms with E-state index in [1.54, 1.807) is 6.07 Å². The van der Waals surface area contributed by atoms with E-state index in [0.29, 0.717) is 17.9 Å². The molecule has 24 heavy (non-hydrogen) atoms. The number of rotatable bonds is 4. The van der Waals surface area contributed by atoms with Crippen molar-refractivity contribution in [1.29, 1.82) is 5.26 Å². The number of hydrogen-bond acceptors (Lipinski definition) is 4. The van der Waals surface area contributed by atoms with Gasteiger partial charge in [-0.25, -0.2) is 0 Å². The van der Waals surface area contributed by atoms with E-state index in [2.05, 4.69) is 11.0 Å². The first kappa shape index (κ1) is 18.3. The lowest BCUT2D eigenvalue weighted by molar-refractivity contribution is -0.139. The summed E-state index contributed by atoms with van der Waals surface area (Å²) >= 11 is 0. The number of amides is 1. The molecule has 1 fully saturated rings.